The fraction of sp³-hybridized carbons (Fsp3) is 0.500. The highest BCUT2D eigenvalue weighted by Crippen LogP contribution is 2.19. The Morgan fingerprint density at radius 2 is 1.93 bits per heavy atom. The highest BCUT2D eigenvalue weighted by atomic mass is 19.1. The lowest BCUT2D eigenvalue weighted by molar-refractivity contribution is 0.220. The van der Waals surface area contributed by atoms with Crippen molar-refractivity contribution in [1.29, 1.82) is 0 Å². The second-order valence-electron chi connectivity index (χ2n) is 4.12. The van der Waals surface area contributed by atoms with E-state index in [9.17, 15) is 9.50 Å². The Bertz CT molecular complexity index is 334. The molecule has 1 N–H and O–H groups in total. The molecule has 1 aliphatic rings. The van der Waals surface area contributed by atoms with Crippen LogP contribution in [0.2, 0.25) is 0 Å². The van der Waals surface area contributed by atoms with Crippen LogP contribution in [0.4, 0.5) is 4.39 Å². The Morgan fingerprint density at radius 3 is 2.60 bits per heavy atom. The number of phenolic OH excluding ortho intramolecular Hbond substituents is 1. The Morgan fingerprint density at radius 1 is 1.20 bits per heavy atom. The SMILES string of the molecule is Oc1cc(CN2CCCCC2)ccc1F. The first-order chi connectivity index (χ1) is 7.25. The second kappa shape index (κ2) is 4.62. The Labute approximate surface area is 89.3 Å². The van der Waals surface area contributed by atoms with Crippen molar-refractivity contribution in [2.24, 2.45) is 0 Å². The van der Waals surface area contributed by atoms with Crippen molar-refractivity contribution in [3.8, 4) is 5.75 Å². The van der Waals surface area contributed by atoms with Gasteiger partial charge in [0, 0.05) is 6.54 Å². The Balaban J connectivity index is 2.00. The number of rotatable bonds is 2. The molecule has 2 rings (SSSR count). The molecule has 0 radical (unpaired) electrons. The summed E-state index contributed by atoms with van der Waals surface area (Å²) < 4.78 is 12.8. The molecule has 1 fully saturated rings. The number of phenols is 1. The van der Waals surface area contributed by atoms with Crippen molar-refractivity contribution in [3.63, 3.8) is 0 Å². The van der Waals surface area contributed by atoms with Crippen LogP contribution in [-0.2, 0) is 6.54 Å². The van der Waals surface area contributed by atoms with E-state index < -0.39 is 5.82 Å². The van der Waals surface area contributed by atoms with Crippen molar-refractivity contribution < 1.29 is 9.50 Å². The number of benzene rings is 1. The largest absolute Gasteiger partial charge is 0.505 e. The van der Waals surface area contributed by atoms with E-state index in [2.05, 4.69) is 4.90 Å². The molecule has 3 heteroatoms. The third-order valence-electron chi connectivity index (χ3n) is 2.87. The standard InChI is InChI=1S/C12H16FNO/c13-11-5-4-10(8-12(11)15)9-14-6-2-1-3-7-14/h4-5,8,15H,1-3,6-7,9H2. The number of halogens is 1. The highest BCUT2D eigenvalue weighted by Gasteiger charge is 2.11. The zero-order valence-electron chi connectivity index (χ0n) is 8.75. The van der Waals surface area contributed by atoms with Gasteiger partial charge >= 0.3 is 0 Å². The van der Waals surface area contributed by atoms with Gasteiger partial charge in [-0.25, -0.2) is 4.39 Å². The van der Waals surface area contributed by atoms with Crippen molar-refractivity contribution >= 4 is 0 Å². The number of hydrogen-bond acceptors (Lipinski definition) is 2. The van der Waals surface area contributed by atoms with Crippen molar-refractivity contribution in [2.45, 2.75) is 25.8 Å². The predicted molar refractivity (Wildman–Crippen MR) is 57.2 cm³/mol. The fourth-order valence-electron chi connectivity index (χ4n) is 2.03. The van der Waals surface area contributed by atoms with E-state index >= 15 is 0 Å². The molecule has 1 aromatic rings. The van der Waals surface area contributed by atoms with E-state index in [1.54, 1.807) is 6.07 Å². The molecular weight excluding hydrogens is 193 g/mol. The first kappa shape index (κ1) is 10.4. The summed E-state index contributed by atoms with van der Waals surface area (Å²) in [5.74, 6) is -0.790. The van der Waals surface area contributed by atoms with Gasteiger partial charge in [-0.05, 0) is 43.6 Å². The molecule has 82 valence electrons. The zero-order chi connectivity index (χ0) is 10.7. The summed E-state index contributed by atoms with van der Waals surface area (Å²) >= 11 is 0. The van der Waals surface area contributed by atoms with E-state index in [1.807, 2.05) is 0 Å². The molecule has 15 heavy (non-hydrogen) atoms. The number of aromatic hydroxyl groups is 1. The number of piperidine rings is 1. The minimum absolute atomic E-state index is 0.246. The summed E-state index contributed by atoms with van der Waals surface area (Å²) in [5, 5.41) is 9.24. The van der Waals surface area contributed by atoms with Crippen LogP contribution >= 0.6 is 0 Å². The topological polar surface area (TPSA) is 23.5 Å². The first-order valence-corrected chi connectivity index (χ1v) is 5.45. The van der Waals surface area contributed by atoms with Crippen molar-refractivity contribution in [3.05, 3.63) is 29.6 Å². The van der Waals surface area contributed by atoms with Gasteiger partial charge in [0.05, 0.1) is 0 Å². The van der Waals surface area contributed by atoms with E-state index in [0.29, 0.717) is 0 Å². The van der Waals surface area contributed by atoms with Gasteiger partial charge in [-0.1, -0.05) is 12.5 Å². The molecule has 1 aliphatic heterocycles. The minimum Gasteiger partial charge on any atom is -0.505 e. The molecule has 0 aromatic heterocycles. The van der Waals surface area contributed by atoms with Crippen LogP contribution in [-0.4, -0.2) is 23.1 Å². The maximum absolute atomic E-state index is 12.8. The molecule has 1 saturated heterocycles. The lowest BCUT2D eigenvalue weighted by Crippen LogP contribution is -2.29. The lowest BCUT2D eigenvalue weighted by atomic mass is 10.1. The van der Waals surface area contributed by atoms with Crippen LogP contribution in [0.5, 0.6) is 5.75 Å². The van der Waals surface area contributed by atoms with Crippen LogP contribution in [0.1, 0.15) is 24.8 Å². The molecule has 0 saturated carbocycles. The van der Waals surface area contributed by atoms with Gasteiger partial charge in [-0.3, -0.25) is 4.90 Å². The molecule has 0 amide bonds. The first-order valence-electron chi connectivity index (χ1n) is 5.45. The normalized spacial score (nSPS) is 17.9. The summed E-state index contributed by atoms with van der Waals surface area (Å²) in [6, 6.07) is 4.59. The molecule has 2 nitrogen and oxygen atoms in total. The average molecular weight is 209 g/mol. The maximum atomic E-state index is 12.8. The summed E-state index contributed by atoms with van der Waals surface area (Å²) in [5.41, 5.74) is 0.982. The van der Waals surface area contributed by atoms with Crippen LogP contribution in [0.15, 0.2) is 18.2 Å². The van der Waals surface area contributed by atoms with E-state index in [4.69, 9.17) is 0 Å². The third kappa shape index (κ3) is 2.69. The minimum atomic E-state index is -0.544. The lowest BCUT2D eigenvalue weighted by Gasteiger charge is -2.26. The van der Waals surface area contributed by atoms with Gasteiger partial charge in [0.25, 0.3) is 0 Å². The summed E-state index contributed by atoms with van der Waals surface area (Å²) in [7, 11) is 0. The average Bonchev–Trinajstić information content (AvgIpc) is 2.25. The Kier molecular flexibility index (Phi) is 3.21. The van der Waals surface area contributed by atoms with Crippen LogP contribution in [0, 0.1) is 5.82 Å². The molecular formula is C12H16FNO. The van der Waals surface area contributed by atoms with Gasteiger partial charge < -0.3 is 5.11 Å². The molecule has 0 unspecified atom stereocenters. The summed E-state index contributed by atoms with van der Waals surface area (Å²) in [6.45, 7) is 3.03. The van der Waals surface area contributed by atoms with Crippen molar-refractivity contribution in [1.82, 2.24) is 4.90 Å². The van der Waals surface area contributed by atoms with E-state index in [-0.39, 0.29) is 5.75 Å². The number of hydrogen-bond donors (Lipinski definition) is 1. The van der Waals surface area contributed by atoms with Gasteiger partial charge in [0.1, 0.15) is 0 Å². The van der Waals surface area contributed by atoms with Crippen LogP contribution in [0.25, 0.3) is 0 Å². The molecule has 1 heterocycles. The van der Waals surface area contributed by atoms with Crippen molar-refractivity contribution in [2.75, 3.05) is 13.1 Å². The Hall–Kier alpha value is -1.09. The molecule has 0 aliphatic carbocycles. The summed E-state index contributed by atoms with van der Waals surface area (Å²) in [6.07, 6.45) is 3.80. The van der Waals surface area contributed by atoms with E-state index in [1.165, 1.54) is 31.4 Å². The van der Waals surface area contributed by atoms with Gasteiger partial charge in [-0.15, -0.1) is 0 Å². The molecule has 0 bridgehead atoms. The summed E-state index contributed by atoms with van der Waals surface area (Å²) in [4.78, 5) is 2.34. The fourth-order valence-corrected chi connectivity index (χ4v) is 2.03. The zero-order valence-corrected chi connectivity index (χ0v) is 8.75. The quantitative estimate of drug-likeness (QED) is 0.809. The molecule has 1 aromatic carbocycles. The second-order valence-corrected chi connectivity index (χ2v) is 4.12. The van der Waals surface area contributed by atoms with E-state index in [0.717, 1.165) is 25.2 Å². The predicted octanol–water partition coefficient (Wildman–Crippen LogP) is 2.52. The maximum Gasteiger partial charge on any atom is 0.164 e. The molecule has 0 spiro atoms. The highest BCUT2D eigenvalue weighted by molar-refractivity contribution is 5.28. The van der Waals surface area contributed by atoms with Crippen LogP contribution in [0.3, 0.4) is 0 Å². The van der Waals surface area contributed by atoms with Gasteiger partial charge in [0.2, 0.25) is 0 Å². The van der Waals surface area contributed by atoms with Gasteiger partial charge in [0.15, 0.2) is 11.6 Å². The van der Waals surface area contributed by atoms with Gasteiger partial charge in [-0.2, -0.15) is 0 Å². The molecule has 0 atom stereocenters. The number of nitrogens with zero attached hydrogens (tertiary/aromatic N) is 1. The smallest absolute Gasteiger partial charge is 0.164 e. The third-order valence-corrected chi connectivity index (χ3v) is 2.87. The number of likely N-dealkylation sites (tertiary alicyclic amines) is 1. The monoisotopic (exact) mass is 209 g/mol. The van der Waals surface area contributed by atoms with Crippen LogP contribution < -0.4 is 0 Å².